The lowest BCUT2D eigenvalue weighted by atomic mass is 9.93. The molecule has 4 aromatic heterocycles. The Labute approximate surface area is 458 Å². The zero-order valence-electron chi connectivity index (χ0n) is 44.4. The molecule has 0 aliphatic rings. The fourth-order valence-electron chi connectivity index (χ4n) is 12.7. The molecular weight excluding hydrogens is 959 g/mol. The van der Waals surface area contributed by atoms with E-state index in [-0.39, 0.29) is 0 Å². The number of aromatic nitrogens is 5. The molecule has 0 amide bonds. The van der Waals surface area contributed by atoms with Crippen molar-refractivity contribution in [3.63, 3.8) is 0 Å². The van der Waals surface area contributed by atoms with Crippen molar-refractivity contribution in [1.82, 2.24) is 23.7 Å². The van der Waals surface area contributed by atoms with Gasteiger partial charge in [-0.3, -0.25) is 0 Å². The van der Waals surface area contributed by atoms with Crippen molar-refractivity contribution in [2.45, 2.75) is 27.7 Å². The molecule has 79 heavy (non-hydrogen) atoms. The van der Waals surface area contributed by atoms with Crippen molar-refractivity contribution < 1.29 is 0 Å². The Morgan fingerprint density at radius 3 is 1.09 bits per heavy atom. The highest BCUT2D eigenvalue weighted by atomic mass is 15.0. The van der Waals surface area contributed by atoms with E-state index in [0.717, 1.165) is 67.7 Å². The molecule has 0 aliphatic heterocycles. The summed E-state index contributed by atoms with van der Waals surface area (Å²) in [5.74, 6) is 0.734. The van der Waals surface area contributed by atoms with Crippen LogP contribution in [0.5, 0.6) is 0 Å². The van der Waals surface area contributed by atoms with Crippen LogP contribution in [0.3, 0.4) is 0 Å². The van der Waals surface area contributed by atoms with Crippen LogP contribution in [0, 0.1) is 27.7 Å². The molecule has 0 spiro atoms. The quantitative estimate of drug-likeness (QED) is 0.152. The second kappa shape index (κ2) is 18.3. The number of fused-ring (bicyclic) bond motifs is 9. The highest BCUT2D eigenvalue weighted by Crippen LogP contribution is 2.42. The van der Waals surface area contributed by atoms with Crippen molar-refractivity contribution in [2.24, 2.45) is 0 Å². The van der Waals surface area contributed by atoms with Gasteiger partial charge in [-0.15, -0.1) is 0 Å². The van der Waals surface area contributed by atoms with Gasteiger partial charge >= 0.3 is 0 Å². The van der Waals surface area contributed by atoms with Crippen LogP contribution in [0.1, 0.15) is 22.3 Å². The first kappa shape index (κ1) is 46.2. The Hall–Kier alpha value is -10.1. The number of para-hydroxylation sites is 4. The predicted molar refractivity (Wildman–Crippen MR) is 331 cm³/mol. The average Bonchev–Trinajstić information content (AvgIpc) is 4.27. The van der Waals surface area contributed by atoms with Crippen LogP contribution in [0.2, 0.25) is 0 Å². The monoisotopic (exact) mass is 1010 g/mol. The van der Waals surface area contributed by atoms with Crippen LogP contribution < -0.4 is 0 Å². The van der Waals surface area contributed by atoms with E-state index in [9.17, 15) is 0 Å². The van der Waals surface area contributed by atoms with E-state index < -0.39 is 0 Å². The topological polar surface area (TPSA) is 40.6 Å². The second-order valence-corrected chi connectivity index (χ2v) is 21.2. The summed E-state index contributed by atoms with van der Waals surface area (Å²) in [4.78, 5) is 10.3. The molecule has 0 radical (unpaired) electrons. The SMILES string of the molecule is Cc1ccccc1-c1cc(-c2ccc(-c3ccc(-c4c(C)cc(-n5c6ccc(-n7c8ccccc8c8ccccc87)cc6c6cc(-n7c8ccccc8c8ccccc87)ccc65)cc4C)cc3)cc2)nc(-c2ccccc2C)n1. The van der Waals surface area contributed by atoms with Gasteiger partial charge in [0.2, 0.25) is 0 Å². The first-order chi connectivity index (χ1) is 38.8. The van der Waals surface area contributed by atoms with Crippen molar-refractivity contribution in [3.8, 4) is 73.2 Å². The summed E-state index contributed by atoms with van der Waals surface area (Å²) >= 11 is 0. The molecule has 15 rings (SSSR count). The van der Waals surface area contributed by atoms with E-state index in [4.69, 9.17) is 9.97 Å². The standard InChI is InChI=1S/C74H53N5/c1-46-17-5-7-19-57(46)66-45-65(75-74(76-66)58-20-8-6-18-47(58)2)52-33-29-50(30-34-52)51-31-35-53(36-32-51)73-48(3)41-56(42-49(73)4)79-71-39-37-54(77-67-25-13-9-21-59(67)60-22-10-14-26-68(60)77)43-63(71)64-44-55(38-40-72(64)79)78-69-27-15-11-23-61(69)62-24-12-16-28-70(62)78/h5-45H,1-4H3. The van der Waals surface area contributed by atoms with Crippen LogP contribution in [0.15, 0.2) is 249 Å². The summed E-state index contributed by atoms with van der Waals surface area (Å²) in [5.41, 5.74) is 25.1. The zero-order chi connectivity index (χ0) is 52.9. The van der Waals surface area contributed by atoms with Crippen molar-refractivity contribution in [3.05, 3.63) is 271 Å². The maximum Gasteiger partial charge on any atom is 0.160 e. The number of hydrogen-bond acceptors (Lipinski definition) is 2. The predicted octanol–water partition coefficient (Wildman–Crippen LogP) is 19.3. The smallest absolute Gasteiger partial charge is 0.160 e. The van der Waals surface area contributed by atoms with E-state index in [1.807, 2.05) is 0 Å². The van der Waals surface area contributed by atoms with E-state index in [1.54, 1.807) is 0 Å². The molecule has 11 aromatic carbocycles. The molecule has 5 heteroatoms. The largest absolute Gasteiger partial charge is 0.309 e. The third-order valence-electron chi connectivity index (χ3n) is 16.4. The van der Waals surface area contributed by atoms with Gasteiger partial charge < -0.3 is 13.7 Å². The highest BCUT2D eigenvalue weighted by molar-refractivity contribution is 6.14. The van der Waals surface area contributed by atoms with Crippen LogP contribution in [0.25, 0.3) is 139 Å². The fourth-order valence-corrected chi connectivity index (χ4v) is 12.7. The lowest BCUT2D eigenvalue weighted by Crippen LogP contribution is -1.99. The summed E-state index contributed by atoms with van der Waals surface area (Å²) in [6.45, 7) is 8.78. The number of hydrogen-bond donors (Lipinski definition) is 0. The maximum absolute atomic E-state index is 5.15. The van der Waals surface area contributed by atoms with Gasteiger partial charge in [0.15, 0.2) is 5.82 Å². The molecule has 0 bridgehead atoms. The number of nitrogens with zero attached hydrogens (tertiary/aromatic N) is 5. The molecule has 0 fully saturated rings. The summed E-state index contributed by atoms with van der Waals surface area (Å²) in [7, 11) is 0. The molecule has 4 heterocycles. The second-order valence-electron chi connectivity index (χ2n) is 21.2. The number of aryl methyl sites for hydroxylation is 4. The molecule has 0 N–H and O–H groups in total. The average molecular weight is 1010 g/mol. The van der Waals surface area contributed by atoms with Gasteiger partial charge in [-0.05, 0) is 151 Å². The number of benzene rings is 11. The van der Waals surface area contributed by atoms with Gasteiger partial charge in [0.25, 0.3) is 0 Å². The van der Waals surface area contributed by atoms with Crippen molar-refractivity contribution in [2.75, 3.05) is 0 Å². The molecule has 374 valence electrons. The van der Waals surface area contributed by atoms with Gasteiger partial charge in [0, 0.05) is 66.1 Å². The molecule has 0 unspecified atom stereocenters. The normalized spacial score (nSPS) is 11.8. The molecule has 0 atom stereocenters. The summed E-state index contributed by atoms with van der Waals surface area (Å²) < 4.78 is 7.33. The van der Waals surface area contributed by atoms with Crippen molar-refractivity contribution >= 4 is 65.4 Å². The van der Waals surface area contributed by atoms with Crippen LogP contribution >= 0.6 is 0 Å². The van der Waals surface area contributed by atoms with Crippen LogP contribution in [0.4, 0.5) is 0 Å². The minimum Gasteiger partial charge on any atom is -0.309 e. The number of rotatable bonds is 8. The Morgan fingerprint density at radius 2 is 0.620 bits per heavy atom. The Bertz CT molecular complexity index is 4570. The van der Waals surface area contributed by atoms with E-state index in [2.05, 4.69) is 290 Å². The third-order valence-corrected chi connectivity index (χ3v) is 16.4. The fraction of sp³-hybridized carbons (Fsp3) is 0.0541. The Kier molecular flexibility index (Phi) is 10.7. The van der Waals surface area contributed by atoms with E-state index >= 15 is 0 Å². The maximum atomic E-state index is 5.15. The minimum atomic E-state index is 0.734. The van der Waals surface area contributed by atoms with E-state index in [0.29, 0.717) is 0 Å². The molecular formula is C74H53N5. The highest BCUT2D eigenvalue weighted by Gasteiger charge is 2.21. The van der Waals surface area contributed by atoms with Gasteiger partial charge in [-0.1, -0.05) is 170 Å². The summed E-state index contributed by atoms with van der Waals surface area (Å²) in [6.07, 6.45) is 0. The summed E-state index contributed by atoms with van der Waals surface area (Å²) in [6, 6.07) is 90.7. The molecule has 0 aliphatic carbocycles. The van der Waals surface area contributed by atoms with Crippen molar-refractivity contribution in [1.29, 1.82) is 0 Å². The Morgan fingerprint density at radius 1 is 0.253 bits per heavy atom. The van der Waals surface area contributed by atoms with Gasteiger partial charge in [0.05, 0.1) is 44.5 Å². The molecule has 5 nitrogen and oxygen atoms in total. The van der Waals surface area contributed by atoms with Crippen LogP contribution in [-0.2, 0) is 0 Å². The van der Waals surface area contributed by atoms with Gasteiger partial charge in [0.1, 0.15) is 0 Å². The first-order valence-electron chi connectivity index (χ1n) is 27.2. The molecule has 0 saturated carbocycles. The van der Waals surface area contributed by atoms with Gasteiger partial charge in [-0.25, -0.2) is 9.97 Å². The molecule has 15 aromatic rings. The Balaban J connectivity index is 0.810. The molecule has 0 saturated heterocycles. The summed E-state index contributed by atoms with van der Waals surface area (Å²) in [5, 5.41) is 7.43. The zero-order valence-corrected chi connectivity index (χ0v) is 44.4. The van der Waals surface area contributed by atoms with E-state index in [1.165, 1.54) is 93.2 Å². The van der Waals surface area contributed by atoms with Gasteiger partial charge in [-0.2, -0.15) is 0 Å². The lowest BCUT2D eigenvalue weighted by molar-refractivity contribution is 1.15. The van der Waals surface area contributed by atoms with Crippen LogP contribution in [-0.4, -0.2) is 23.7 Å². The first-order valence-corrected chi connectivity index (χ1v) is 27.2. The third kappa shape index (κ3) is 7.53. The minimum absolute atomic E-state index is 0.734. The lowest BCUT2D eigenvalue weighted by Gasteiger charge is -2.16.